The van der Waals surface area contributed by atoms with Crippen LogP contribution < -0.4 is 0 Å². The van der Waals surface area contributed by atoms with Gasteiger partial charge in [0.1, 0.15) is 5.82 Å². The zero-order valence-electron chi connectivity index (χ0n) is 7.35. The topological polar surface area (TPSA) is 23.8 Å². The molecule has 0 aliphatic carbocycles. The second-order valence-corrected chi connectivity index (χ2v) is 2.67. The van der Waals surface area contributed by atoms with Crippen LogP contribution in [0.4, 0.5) is 17.6 Å². The Bertz CT molecular complexity index is 426. The Morgan fingerprint density at radius 1 is 1.27 bits per heavy atom. The van der Waals surface area contributed by atoms with E-state index in [1.165, 1.54) is 6.07 Å². The highest BCUT2D eigenvalue weighted by atomic mass is 19.4. The quantitative estimate of drug-likeness (QED) is 0.520. The molecule has 0 bridgehead atoms. The van der Waals surface area contributed by atoms with Crippen molar-refractivity contribution in [1.82, 2.24) is 0 Å². The number of rotatable bonds is 1. The molecule has 0 N–H and O–H groups in total. The average molecular weight is 215 g/mol. The zero-order valence-corrected chi connectivity index (χ0v) is 7.35. The SMILES string of the molecule is N#CC=Cc1cccc(C(F)(F)F)c1F. The smallest absolute Gasteiger partial charge is 0.206 e. The summed E-state index contributed by atoms with van der Waals surface area (Å²) in [6.07, 6.45) is -2.82. The number of benzene rings is 1. The highest BCUT2D eigenvalue weighted by Crippen LogP contribution is 2.32. The summed E-state index contributed by atoms with van der Waals surface area (Å²) in [6.45, 7) is 0. The molecule has 1 aromatic carbocycles. The molecule has 0 aliphatic rings. The van der Waals surface area contributed by atoms with Gasteiger partial charge in [0.15, 0.2) is 0 Å². The van der Waals surface area contributed by atoms with Gasteiger partial charge in [-0.2, -0.15) is 18.4 Å². The van der Waals surface area contributed by atoms with Gasteiger partial charge < -0.3 is 0 Å². The number of nitriles is 1. The maximum absolute atomic E-state index is 13.2. The van der Waals surface area contributed by atoms with Crippen molar-refractivity contribution in [2.45, 2.75) is 6.18 Å². The fourth-order valence-electron chi connectivity index (χ4n) is 1.02. The van der Waals surface area contributed by atoms with E-state index in [-0.39, 0.29) is 5.56 Å². The third kappa shape index (κ3) is 2.56. The first-order valence-corrected chi connectivity index (χ1v) is 3.88. The Morgan fingerprint density at radius 2 is 1.93 bits per heavy atom. The highest BCUT2D eigenvalue weighted by molar-refractivity contribution is 5.54. The normalized spacial score (nSPS) is 11.7. The molecular formula is C10H5F4N. The van der Waals surface area contributed by atoms with Gasteiger partial charge in [-0.3, -0.25) is 0 Å². The van der Waals surface area contributed by atoms with Crippen LogP contribution in [0.2, 0.25) is 0 Å². The fraction of sp³-hybridized carbons (Fsp3) is 0.100. The van der Waals surface area contributed by atoms with Gasteiger partial charge in [-0.05, 0) is 12.1 Å². The number of allylic oxidation sites excluding steroid dienone is 1. The lowest BCUT2D eigenvalue weighted by atomic mass is 10.1. The van der Waals surface area contributed by atoms with Crippen LogP contribution in [0.3, 0.4) is 0 Å². The summed E-state index contributed by atoms with van der Waals surface area (Å²) >= 11 is 0. The Hall–Kier alpha value is -1.83. The van der Waals surface area contributed by atoms with Crippen molar-refractivity contribution >= 4 is 6.08 Å². The first kappa shape index (κ1) is 11.2. The standard InChI is InChI=1S/C10H5F4N/c11-9-7(4-2-6-15)3-1-5-8(9)10(12,13)14/h1-5H. The van der Waals surface area contributed by atoms with Gasteiger partial charge in [0.2, 0.25) is 0 Å². The van der Waals surface area contributed by atoms with E-state index < -0.39 is 17.6 Å². The molecule has 0 aliphatic heterocycles. The fourth-order valence-corrected chi connectivity index (χ4v) is 1.02. The number of halogens is 4. The van der Waals surface area contributed by atoms with Crippen LogP contribution in [0.5, 0.6) is 0 Å². The molecule has 0 saturated heterocycles. The second-order valence-electron chi connectivity index (χ2n) is 2.67. The maximum atomic E-state index is 13.2. The molecule has 0 spiro atoms. The summed E-state index contributed by atoms with van der Waals surface area (Å²) in [4.78, 5) is 0. The van der Waals surface area contributed by atoms with E-state index in [1.54, 1.807) is 6.07 Å². The van der Waals surface area contributed by atoms with Crippen molar-refractivity contribution in [3.05, 3.63) is 41.2 Å². The predicted molar refractivity (Wildman–Crippen MR) is 46.0 cm³/mol. The van der Waals surface area contributed by atoms with Gasteiger partial charge in [-0.25, -0.2) is 4.39 Å². The highest BCUT2D eigenvalue weighted by Gasteiger charge is 2.34. The molecule has 0 aromatic heterocycles. The summed E-state index contributed by atoms with van der Waals surface area (Å²) in [5, 5.41) is 8.17. The summed E-state index contributed by atoms with van der Waals surface area (Å²) in [6, 6.07) is 4.48. The molecule has 78 valence electrons. The van der Waals surface area contributed by atoms with Crippen molar-refractivity contribution in [3.63, 3.8) is 0 Å². The molecule has 5 heteroatoms. The molecule has 0 fully saturated rings. The largest absolute Gasteiger partial charge is 0.419 e. The summed E-state index contributed by atoms with van der Waals surface area (Å²) < 4.78 is 49.9. The van der Waals surface area contributed by atoms with Gasteiger partial charge >= 0.3 is 6.18 Å². The van der Waals surface area contributed by atoms with Crippen LogP contribution in [0.25, 0.3) is 6.08 Å². The Morgan fingerprint density at radius 3 is 2.47 bits per heavy atom. The van der Waals surface area contributed by atoms with Crippen molar-refractivity contribution in [3.8, 4) is 6.07 Å². The van der Waals surface area contributed by atoms with Crippen LogP contribution in [0.15, 0.2) is 24.3 Å². The molecule has 0 heterocycles. The van der Waals surface area contributed by atoms with Crippen molar-refractivity contribution in [2.75, 3.05) is 0 Å². The van der Waals surface area contributed by atoms with Gasteiger partial charge in [0, 0.05) is 11.6 Å². The van der Waals surface area contributed by atoms with Crippen LogP contribution in [-0.4, -0.2) is 0 Å². The van der Waals surface area contributed by atoms with Crippen LogP contribution in [-0.2, 0) is 6.18 Å². The third-order valence-electron chi connectivity index (χ3n) is 1.67. The van der Waals surface area contributed by atoms with E-state index in [1.807, 2.05) is 0 Å². The van der Waals surface area contributed by atoms with Crippen molar-refractivity contribution in [1.29, 1.82) is 5.26 Å². The molecule has 1 nitrogen and oxygen atoms in total. The molecular weight excluding hydrogens is 210 g/mol. The van der Waals surface area contributed by atoms with Crippen LogP contribution in [0, 0.1) is 17.1 Å². The molecule has 15 heavy (non-hydrogen) atoms. The van der Waals surface area contributed by atoms with E-state index in [0.717, 1.165) is 18.2 Å². The number of hydrogen-bond acceptors (Lipinski definition) is 1. The first-order chi connectivity index (χ1) is 6.96. The lowest BCUT2D eigenvalue weighted by Crippen LogP contribution is -2.08. The lowest BCUT2D eigenvalue weighted by molar-refractivity contribution is -0.140. The molecule has 0 atom stereocenters. The average Bonchev–Trinajstić information content (AvgIpc) is 2.14. The van der Waals surface area contributed by atoms with Crippen LogP contribution >= 0.6 is 0 Å². The molecule has 1 rings (SSSR count). The maximum Gasteiger partial charge on any atom is 0.419 e. The molecule has 1 aromatic rings. The predicted octanol–water partition coefficient (Wildman–Crippen LogP) is 3.38. The molecule has 0 saturated carbocycles. The minimum absolute atomic E-state index is 0.258. The van der Waals surface area contributed by atoms with E-state index in [9.17, 15) is 17.6 Å². The Kier molecular flexibility index (Phi) is 3.10. The summed E-state index contributed by atoms with van der Waals surface area (Å²) in [7, 11) is 0. The van der Waals surface area contributed by atoms with Gasteiger partial charge in [-0.1, -0.05) is 12.1 Å². The zero-order chi connectivity index (χ0) is 11.5. The Balaban J connectivity index is 3.25. The number of hydrogen-bond donors (Lipinski definition) is 0. The summed E-state index contributed by atoms with van der Waals surface area (Å²) in [5.74, 6) is -1.36. The van der Waals surface area contributed by atoms with Crippen molar-refractivity contribution < 1.29 is 17.6 Å². The summed E-state index contributed by atoms with van der Waals surface area (Å²) in [5.41, 5.74) is -1.59. The Labute approximate surface area is 83.3 Å². The molecule has 0 unspecified atom stereocenters. The minimum Gasteiger partial charge on any atom is -0.206 e. The van der Waals surface area contributed by atoms with Gasteiger partial charge in [-0.15, -0.1) is 0 Å². The van der Waals surface area contributed by atoms with Gasteiger partial charge in [0.25, 0.3) is 0 Å². The third-order valence-corrected chi connectivity index (χ3v) is 1.67. The number of alkyl halides is 3. The van der Waals surface area contributed by atoms with Crippen LogP contribution in [0.1, 0.15) is 11.1 Å². The second kappa shape index (κ2) is 4.13. The van der Waals surface area contributed by atoms with Crippen molar-refractivity contribution in [2.24, 2.45) is 0 Å². The van der Waals surface area contributed by atoms with E-state index in [4.69, 9.17) is 5.26 Å². The van der Waals surface area contributed by atoms with E-state index in [0.29, 0.717) is 6.07 Å². The number of nitrogens with zero attached hydrogens (tertiary/aromatic N) is 1. The van der Waals surface area contributed by atoms with E-state index >= 15 is 0 Å². The van der Waals surface area contributed by atoms with E-state index in [2.05, 4.69) is 0 Å². The lowest BCUT2D eigenvalue weighted by Gasteiger charge is -2.08. The molecule has 0 radical (unpaired) electrons. The first-order valence-electron chi connectivity index (χ1n) is 3.88. The molecule has 0 amide bonds. The van der Waals surface area contributed by atoms with Gasteiger partial charge in [0.05, 0.1) is 11.6 Å². The monoisotopic (exact) mass is 215 g/mol. The minimum atomic E-state index is -4.72.